The lowest BCUT2D eigenvalue weighted by Gasteiger charge is -1.95. The standard InChI is InChI=1S/C11H9BrN2/c12-11-4-2-1-3-9(11)5-6-10-7-13-8-14-10/h1-8H,(H,13,14)/b6-5+. The maximum atomic E-state index is 3.94. The summed E-state index contributed by atoms with van der Waals surface area (Å²) < 4.78 is 1.09. The molecule has 0 radical (unpaired) electrons. The van der Waals surface area contributed by atoms with Crippen molar-refractivity contribution in [2.24, 2.45) is 0 Å². The second-order valence-corrected chi connectivity index (χ2v) is 3.72. The van der Waals surface area contributed by atoms with Crippen LogP contribution in [0.25, 0.3) is 12.2 Å². The van der Waals surface area contributed by atoms with Crippen LogP contribution in [0.1, 0.15) is 11.3 Å². The summed E-state index contributed by atoms with van der Waals surface area (Å²) >= 11 is 3.48. The molecule has 1 aromatic heterocycles. The van der Waals surface area contributed by atoms with Crippen molar-refractivity contribution in [1.82, 2.24) is 9.97 Å². The van der Waals surface area contributed by atoms with E-state index in [1.54, 1.807) is 12.5 Å². The Morgan fingerprint density at radius 2 is 2.07 bits per heavy atom. The zero-order chi connectivity index (χ0) is 9.80. The second kappa shape index (κ2) is 4.24. The molecule has 0 saturated heterocycles. The molecule has 2 nitrogen and oxygen atoms in total. The minimum Gasteiger partial charge on any atom is -0.345 e. The second-order valence-electron chi connectivity index (χ2n) is 2.86. The molecular formula is C11H9BrN2. The summed E-state index contributed by atoms with van der Waals surface area (Å²) in [6.07, 6.45) is 7.48. The van der Waals surface area contributed by atoms with Crippen LogP contribution in [-0.2, 0) is 0 Å². The minimum absolute atomic E-state index is 1.00. The highest BCUT2D eigenvalue weighted by atomic mass is 79.9. The molecule has 2 rings (SSSR count). The zero-order valence-electron chi connectivity index (χ0n) is 7.44. The predicted molar refractivity (Wildman–Crippen MR) is 61.7 cm³/mol. The maximum absolute atomic E-state index is 3.94. The zero-order valence-corrected chi connectivity index (χ0v) is 9.03. The molecule has 1 N–H and O–H groups in total. The Balaban J connectivity index is 2.23. The first kappa shape index (κ1) is 9.21. The summed E-state index contributed by atoms with van der Waals surface area (Å²) in [7, 11) is 0. The number of halogens is 1. The van der Waals surface area contributed by atoms with Gasteiger partial charge in [0.1, 0.15) is 0 Å². The van der Waals surface area contributed by atoms with Gasteiger partial charge in [-0.3, -0.25) is 0 Å². The van der Waals surface area contributed by atoms with Gasteiger partial charge in [-0.1, -0.05) is 40.2 Å². The van der Waals surface area contributed by atoms with E-state index in [0.29, 0.717) is 0 Å². The van der Waals surface area contributed by atoms with Gasteiger partial charge in [0.25, 0.3) is 0 Å². The molecule has 0 bridgehead atoms. The van der Waals surface area contributed by atoms with Crippen LogP contribution in [0.3, 0.4) is 0 Å². The van der Waals surface area contributed by atoms with E-state index < -0.39 is 0 Å². The Kier molecular flexibility index (Phi) is 2.79. The van der Waals surface area contributed by atoms with Crippen molar-refractivity contribution in [2.75, 3.05) is 0 Å². The van der Waals surface area contributed by atoms with E-state index in [0.717, 1.165) is 15.7 Å². The van der Waals surface area contributed by atoms with Crippen molar-refractivity contribution in [3.8, 4) is 0 Å². The lowest BCUT2D eigenvalue weighted by atomic mass is 10.2. The van der Waals surface area contributed by atoms with E-state index >= 15 is 0 Å². The molecule has 0 aliphatic heterocycles. The van der Waals surface area contributed by atoms with Crippen LogP contribution in [0.4, 0.5) is 0 Å². The van der Waals surface area contributed by atoms with Gasteiger partial charge in [-0.25, -0.2) is 4.98 Å². The third-order valence-corrected chi connectivity index (χ3v) is 2.59. The number of hydrogen-bond acceptors (Lipinski definition) is 1. The SMILES string of the molecule is Brc1ccccc1/C=C/c1cnc[nH]1. The number of H-pyrrole nitrogens is 1. The van der Waals surface area contributed by atoms with Crippen molar-refractivity contribution >= 4 is 28.1 Å². The predicted octanol–water partition coefficient (Wildman–Crippen LogP) is 3.34. The highest BCUT2D eigenvalue weighted by molar-refractivity contribution is 9.10. The van der Waals surface area contributed by atoms with Gasteiger partial charge in [0.05, 0.1) is 18.2 Å². The van der Waals surface area contributed by atoms with Gasteiger partial charge in [-0.15, -0.1) is 0 Å². The van der Waals surface area contributed by atoms with Crippen LogP contribution in [0, 0.1) is 0 Å². The van der Waals surface area contributed by atoms with Crippen LogP contribution < -0.4 is 0 Å². The van der Waals surface area contributed by atoms with Crippen molar-refractivity contribution in [3.63, 3.8) is 0 Å². The number of benzene rings is 1. The first-order valence-corrected chi connectivity index (χ1v) is 5.06. The summed E-state index contributed by atoms with van der Waals surface area (Å²) in [5.74, 6) is 0. The number of hydrogen-bond donors (Lipinski definition) is 1. The van der Waals surface area contributed by atoms with Gasteiger partial charge in [0, 0.05) is 4.47 Å². The summed E-state index contributed by atoms with van der Waals surface area (Å²) in [5, 5.41) is 0. The van der Waals surface area contributed by atoms with Crippen molar-refractivity contribution in [1.29, 1.82) is 0 Å². The van der Waals surface area contributed by atoms with Crippen LogP contribution in [0.5, 0.6) is 0 Å². The number of aromatic nitrogens is 2. The van der Waals surface area contributed by atoms with Gasteiger partial charge >= 0.3 is 0 Å². The number of nitrogens with zero attached hydrogens (tertiary/aromatic N) is 1. The van der Waals surface area contributed by atoms with E-state index in [-0.39, 0.29) is 0 Å². The van der Waals surface area contributed by atoms with Crippen LogP contribution in [0.15, 0.2) is 41.3 Å². The minimum atomic E-state index is 1.00. The molecular weight excluding hydrogens is 240 g/mol. The highest BCUT2D eigenvalue weighted by Crippen LogP contribution is 2.17. The van der Waals surface area contributed by atoms with Gasteiger partial charge in [0.15, 0.2) is 0 Å². The van der Waals surface area contributed by atoms with Gasteiger partial charge < -0.3 is 4.98 Å². The summed E-state index contributed by atoms with van der Waals surface area (Å²) in [5.41, 5.74) is 2.16. The lowest BCUT2D eigenvalue weighted by Crippen LogP contribution is -1.74. The van der Waals surface area contributed by atoms with Crippen molar-refractivity contribution < 1.29 is 0 Å². The fourth-order valence-electron chi connectivity index (χ4n) is 1.15. The molecule has 0 atom stereocenters. The van der Waals surface area contributed by atoms with E-state index in [2.05, 4.69) is 32.0 Å². The molecule has 1 heterocycles. The molecule has 3 heteroatoms. The van der Waals surface area contributed by atoms with E-state index in [1.165, 1.54) is 0 Å². The van der Waals surface area contributed by atoms with Crippen LogP contribution in [-0.4, -0.2) is 9.97 Å². The molecule has 0 aliphatic carbocycles. The first-order chi connectivity index (χ1) is 6.86. The first-order valence-electron chi connectivity index (χ1n) is 4.27. The van der Waals surface area contributed by atoms with E-state index in [1.807, 2.05) is 30.4 Å². The monoisotopic (exact) mass is 248 g/mol. The van der Waals surface area contributed by atoms with Gasteiger partial charge in [-0.2, -0.15) is 0 Å². The molecule has 0 unspecified atom stereocenters. The third kappa shape index (κ3) is 2.12. The third-order valence-electron chi connectivity index (χ3n) is 1.87. The smallest absolute Gasteiger partial charge is 0.0924 e. The Morgan fingerprint density at radius 3 is 2.79 bits per heavy atom. The maximum Gasteiger partial charge on any atom is 0.0924 e. The highest BCUT2D eigenvalue weighted by Gasteiger charge is 1.92. The van der Waals surface area contributed by atoms with Crippen LogP contribution in [0.2, 0.25) is 0 Å². The molecule has 1 aromatic carbocycles. The van der Waals surface area contributed by atoms with E-state index in [4.69, 9.17) is 0 Å². The van der Waals surface area contributed by atoms with E-state index in [9.17, 15) is 0 Å². The van der Waals surface area contributed by atoms with Crippen molar-refractivity contribution in [3.05, 3.63) is 52.5 Å². The molecule has 70 valence electrons. The Hall–Kier alpha value is -1.35. The Morgan fingerprint density at radius 1 is 1.21 bits per heavy atom. The summed E-state index contributed by atoms with van der Waals surface area (Å²) in [6.45, 7) is 0. The molecule has 2 aromatic rings. The average Bonchev–Trinajstić information content (AvgIpc) is 2.69. The summed E-state index contributed by atoms with van der Waals surface area (Å²) in [4.78, 5) is 6.95. The fraction of sp³-hybridized carbons (Fsp3) is 0. The molecule has 0 aliphatic rings. The number of imidazole rings is 1. The average molecular weight is 249 g/mol. The largest absolute Gasteiger partial charge is 0.345 e. The quantitative estimate of drug-likeness (QED) is 0.868. The topological polar surface area (TPSA) is 28.7 Å². The van der Waals surface area contributed by atoms with Crippen LogP contribution >= 0.6 is 15.9 Å². The van der Waals surface area contributed by atoms with Gasteiger partial charge in [-0.05, 0) is 17.7 Å². The normalized spacial score (nSPS) is 10.9. The van der Waals surface area contributed by atoms with Crippen molar-refractivity contribution in [2.45, 2.75) is 0 Å². The molecule has 0 amide bonds. The fourth-order valence-corrected chi connectivity index (χ4v) is 1.56. The molecule has 0 fully saturated rings. The summed E-state index contributed by atoms with van der Waals surface area (Å²) in [6, 6.07) is 8.08. The molecule has 14 heavy (non-hydrogen) atoms. The number of rotatable bonds is 2. The molecule has 0 spiro atoms. The number of nitrogens with one attached hydrogen (secondary N) is 1. The van der Waals surface area contributed by atoms with Gasteiger partial charge in [0.2, 0.25) is 0 Å². The molecule has 0 saturated carbocycles. The lowest BCUT2D eigenvalue weighted by molar-refractivity contribution is 1.31. The Bertz CT molecular complexity index is 432. The Labute approximate surface area is 90.8 Å². The number of aromatic amines is 1.